The lowest BCUT2D eigenvalue weighted by Crippen LogP contribution is -2.15. The maximum Gasteiger partial charge on any atom is 0.117 e. The Morgan fingerprint density at radius 2 is 2.41 bits per heavy atom. The summed E-state index contributed by atoms with van der Waals surface area (Å²) < 4.78 is 10.8. The summed E-state index contributed by atoms with van der Waals surface area (Å²) in [5.41, 5.74) is 0. The molecule has 1 aliphatic carbocycles. The predicted octanol–water partition coefficient (Wildman–Crippen LogP) is 3.04. The molecule has 17 heavy (non-hydrogen) atoms. The summed E-state index contributed by atoms with van der Waals surface area (Å²) in [7, 11) is 0. The molecule has 1 saturated carbocycles. The van der Waals surface area contributed by atoms with Crippen LogP contribution >= 0.6 is 0 Å². The SMILES string of the molecule is C=COCCCNCc1ccc(C2CC2C)o1. The summed E-state index contributed by atoms with van der Waals surface area (Å²) in [6, 6.07) is 4.19. The van der Waals surface area contributed by atoms with Crippen LogP contribution in [0.4, 0.5) is 0 Å². The van der Waals surface area contributed by atoms with Crippen molar-refractivity contribution in [3.63, 3.8) is 0 Å². The second-order valence-electron chi connectivity index (χ2n) is 4.69. The Bertz CT molecular complexity index is 359. The summed E-state index contributed by atoms with van der Waals surface area (Å²) in [6.45, 7) is 8.22. The van der Waals surface area contributed by atoms with E-state index in [0.29, 0.717) is 5.92 Å². The Morgan fingerprint density at radius 3 is 3.12 bits per heavy atom. The zero-order valence-electron chi connectivity index (χ0n) is 10.4. The normalized spacial score (nSPS) is 22.4. The quantitative estimate of drug-likeness (QED) is 0.555. The highest BCUT2D eigenvalue weighted by Gasteiger charge is 2.36. The maximum atomic E-state index is 5.80. The largest absolute Gasteiger partial charge is 0.502 e. The van der Waals surface area contributed by atoms with Gasteiger partial charge in [0.15, 0.2) is 0 Å². The summed E-state index contributed by atoms with van der Waals surface area (Å²) in [5.74, 6) is 3.66. The molecule has 1 fully saturated rings. The number of furan rings is 1. The Morgan fingerprint density at radius 1 is 1.59 bits per heavy atom. The van der Waals surface area contributed by atoms with E-state index in [2.05, 4.69) is 31.0 Å². The number of nitrogens with one attached hydrogen (secondary N) is 1. The van der Waals surface area contributed by atoms with Crippen molar-refractivity contribution >= 4 is 0 Å². The zero-order valence-corrected chi connectivity index (χ0v) is 10.4. The maximum absolute atomic E-state index is 5.80. The molecular formula is C14H21NO2. The molecule has 0 aliphatic heterocycles. The third-order valence-electron chi connectivity index (χ3n) is 3.19. The predicted molar refractivity (Wildman–Crippen MR) is 67.7 cm³/mol. The first-order valence-corrected chi connectivity index (χ1v) is 6.33. The van der Waals surface area contributed by atoms with Gasteiger partial charge in [0.1, 0.15) is 11.5 Å². The van der Waals surface area contributed by atoms with Crippen LogP contribution in [-0.2, 0) is 11.3 Å². The minimum atomic E-state index is 0.671. The molecule has 2 unspecified atom stereocenters. The van der Waals surface area contributed by atoms with E-state index in [0.717, 1.165) is 43.6 Å². The molecule has 1 heterocycles. The van der Waals surface area contributed by atoms with Gasteiger partial charge in [0.2, 0.25) is 0 Å². The van der Waals surface area contributed by atoms with Crippen molar-refractivity contribution in [1.29, 1.82) is 0 Å². The van der Waals surface area contributed by atoms with Crippen molar-refractivity contribution in [3.05, 3.63) is 36.5 Å². The molecule has 0 spiro atoms. The third-order valence-corrected chi connectivity index (χ3v) is 3.19. The molecule has 1 aromatic rings. The van der Waals surface area contributed by atoms with Crippen LogP contribution in [0.15, 0.2) is 29.4 Å². The van der Waals surface area contributed by atoms with E-state index >= 15 is 0 Å². The number of ether oxygens (including phenoxy) is 1. The summed E-state index contributed by atoms with van der Waals surface area (Å²) >= 11 is 0. The van der Waals surface area contributed by atoms with Crippen LogP contribution in [-0.4, -0.2) is 13.2 Å². The van der Waals surface area contributed by atoms with Crippen molar-refractivity contribution in [3.8, 4) is 0 Å². The molecule has 0 radical (unpaired) electrons. The second kappa shape index (κ2) is 5.92. The van der Waals surface area contributed by atoms with Gasteiger partial charge in [-0.2, -0.15) is 0 Å². The van der Waals surface area contributed by atoms with Gasteiger partial charge in [-0.3, -0.25) is 0 Å². The van der Waals surface area contributed by atoms with Crippen LogP contribution in [0.3, 0.4) is 0 Å². The lowest BCUT2D eigenvalue weighted by molar-refractivity contribution is 0.244. The van der Waals surface area contributed by atoms with E-state index in [9.17, 15) is 0 Å². The van der Waals surface area contributed by atoms with Gasteiger partial charge < -0.3 is 14.5 Å². The van der Waals surface area contributed by atoms with E-state index < -0.39 is 0 Å². The van der Waals surface area contributed by atoms with Gasteiger partial charge >= 0.3 is 0 Å². The molecule has 1 aliphatic rings. The first-order chi connectivity index (χ1) is 8.31. The molecule has 0 saturated heterocycles. The summed E-state index contributed by atoms with van der Waals surface area (Å²) in [4.78, 5) is 0. The number of hydrogen-bond donors (Lipinski definition) is 1. The van der Waals surface area contributed by atoms with Gasteiger partial charge in [-0.25, -0.2) is 0 Å². The molecule has 2 rings (SSSR count). The molecule has 0 aromatic carbocycles. The topological polar surface area (TPSA) is 34.4 Å². The average molecular weight is 235 g/mol. The van der Waals surface area contributed by atoms with Crippen LogP contribution in [0.1, 0.15) is 37.2 Å². The summed E-state index contributed by atoms with van der Waals surface area (Å²) in [5, 5.41) is 3.34. The van der Waals surface area contributed by atoms with Gasteiger partial charge in [0, 0.05) is 5.92 Å². The van der Waals surface area contributed by atoms with Crippen LogP contribution < -0.4 is 5.32 Å². The molecule has 3 heteroatoms. The molecule has 0 amide bonds. The van der Waals surface area contributed by atoms with Crippen molar-refractivity contribution in [2.75, 3.05) is 13.2 Å². The number of rotatable bonds is 8. The van der Waals surface area contributed by atoms with Crippen molar-refractivity contribution in [1.82, 2.24) is 5.32 Å². The lowest BCUT2D eigenvalue weighted by atomic mass is 10.3. The van der Waals surface area contributed by atoms with Crippen LogP contribution in [0.5, 0.6) is 0 Å². The van der Waals surface area contributed by atoms with Crippen LogP contribution in [0, 0.1) is 5.92 Å². The smallest absolute Gasteiger partial charge is 0.117 e. The summed E-state index contributed by atoms with van der Waals surface area (Å²) in [6.07, 6.45) is 3.74. The van der Waals surface area contributed by atoms with Gasteiger partial charge in [-0.05, 0) is 37.4 Å². The van der Waals surface area contributed by atoms with Crippen molar-refractivity contribution in [2.24, 2.45) is 5.92 Å². The Labute approximate surface area is 103 Å². The van der Waals surface area contributed by atoms with E-state index in [4.69, 9.17) is 9.15 Å². The highest BCUT2D eigenvalue weighted by molar-refractivity contribution is 5.17. The first kappa shape index (κ1) is 12.2. The minimum absolute atomic E-state index is 0.671. The molecule has 94 valence electrons. The van der Waals surface area contributed by atoms with E-state index in [-0.39, 0.29) is 0 Å². The molecule has 1 N–H and O–H groups in total. The Hall–Kier alpha value is -1.22. The van der Waals surface area contributed by atoms with E-state index in [1.807, 2.05) is 0 Å². The molecule has 2 atom stereocenters. The average Bonchev–Trinajstić information content (AvgIpc) is 2.89. The van der Waals surface area contributed by atoms with E-state index in [1.54, 1.807) is 0 Å². The fourth-order valence-electron chi connectivity index (χ4n) is 1.98. The standard InChI is InChI=1S/C14H21NO2/c1-3-16-8-4-7-15-10-12-5-6-14(17-12)13-9-11(13)2/h3,5-6,11,13,15H,1,4,7-10H2,2H3. The number of hydrogen-bond acceptors (Lipinski definition) is 3. The minimum Gasteiger partial charge on any atom is -0.502 e. The fraction of sp³-hybridized carbons (Fsp3) is 0.571. The zero-order chi connectivity index (χ0) is 12.1. The van der Waals surface area contributed by atoms with E-state index in [1.165, 1.54) is 12.7 Å². The van der Waals surface area contributed by atoms with Gasteiger partial charge in [0.05, 0.1) is 19.4 Å². The Kier molecular flexibility index (Phi) is 4.26. The van der Waals surface area contributed by atoms with Crippen molar-refractivity contribution in [2.45, 2.75) is 32.2 Å². The fourth-order valence-corrected chi connectivity index (χ4v) is 1.98. The van der Waals surface area contributed by atoms with Gasteiger partial charge in [0.25, 0.3) is 0 Å². The molecule has 1 aromatic heterocycles. The first-order valence-electron chi connectivity index (χ1n) is 6.33. The molecule has 0 bridgehead atoms. The Balaban J connectivity index is 1.62. The van der Waals surface area contributed by atoms with Gasteiger partial charge in [-0.15, -0.1) is 0 Å². The van der Waals surface area contributed by atoms with Crippen LogP contribution in [0.25, 0.3) is 0 Å². The highest BCUT2D eigenvalue weighted by Crippen LogP contribution is 2.47. The highest BCUT2D eigenvalue weighted by atomic mass is 16.5. The third kappa shape index (κ3) is 3.63. The molecular weight excluding hydrogens is 214 g/mol. The molecule has 3 nitrogen and oxygen atoms in total. The van der Waals surface area contributed by atoms with Crippen LogP contribution in [0.2, 0.25) is 0 Å². The van der Waals surface area contributed by atoms with Gasteiger partial charge in [-0.1, -0.05) is 13.5 Å². The lowest BCUT2D eigenvalue weighted by Gasteiger charge is -2.02. The second-order valence-corrected chi connectivity index (χ2v) is 4.69. The monoisotopic (exact) mass is 235 g/mol. The van der Waals surface area contributed by atoms with Crippen molar-refractivity contribution < 1.29 is 9.15 Å².